The zero-order chi connectivity index (χ0) is 22.4. The highest BCUT2D eigenvalue weighted by molar-refractivity contribution is 7.92. The van der Waals surface area contributed by atoms with Crippen LogP contribution in [0.5, 0.6) is 0 Å². The minimum Gasteiger partial charge on any atom is -0.372 e. The normalized spacial score (nSPS) is 23.4. The first-order valence-corrected chi connectivity index (χ1v) is 10.3. The van der Waals surface area contributed by atoms with E-state index in [1.807, 2.05) is 0 Å². The first-order valence-electron chi connectivity index (χ1n) is 8.82. The number of ether oxygens (including phenoxy) is 1. The molecule has 1 saturated heterocycles. The molecule has 1 aliphatic rings. The maximum atomic E-state index is 13.2. The Bertz CT molecular complexity index is 1040. The number of halogens is 6. The van der Waals surface area contributed by atoms with Gasteiger partial charge in [-0.3, -0.25) is 0 Å². The van der Waals surface area contributed by atoms with E-state index in [-0.39, 0.29) is 25.1 Å². The van der Waals surface area contributed by atoms with Crippen molar-refractivity contribution in [1.82, 2.24) is 4.98 Å². The van der Waals surface area contributed by atoms with E-state index in [4.69, 9.17) is 4.74 Å². The highest BCUT2D eigenvalue weighted by Crippen LogP contribution is 2.43. The monoisotopic (exact) mass is 453 g/mol. The first kappa shape index (κ1) is 22.5. The molecular weight excluding hydrogens is 436 g/mol. The van der Waals surface area contributed by atoms with Crippen LogP contribution in [-0.2, 0) is 26.9 Å². The van der Waals surface area contributed by atoms with Crippen LogP contribution < -0.4 is 0 Å². The van der Waals surface area contributed by atoms with Crippen LogP contribution in [0.4, 0.5) is 26.3 Å². The van der Waals surface area contributed by atoms with E-state index < -0.39 is 49.2 Å². The molecule has 30 heavy (non-hydrogen) atoms. The first-order chi connectivity index (χ1) is 13.7. The Labute approximate surface area is 168 Å². The molecule has 2 unspecified atom stereocenters. The third kappa shape index (κ3) is 4.31. The molecule has 2 heterocycles. The van der Waals surface area contributed by atoms with E-state index in [9.17, 15) is 34.8 Å². The maximum Gasteiger partial charge on any atom is 0.433 e. The summed E-state index contributed by atoms with van der Waals surface area (Å²) in [5.74, 6) is 0. The van der Waals surface area contributed by atoms with Crippen LogP contribution in [0, 0.1) is 0 Å². The van der Waals surface area contributed by atoms with Crippen molar-refractivity contribution in [3.8, 4) is 0 Å². The van der Waals surface area contributed by atoms with Crippen LogP contribution >= 0.6 is 0 Å². The van der Waals surface area contributed by atoms with Crippen LogP contribution in [0.15, 0.2) is 47.4 Å². The summed E-state index contributed by atoms with van der Waals surface area (Å²) in [6.07, 6.45) is -10.7. The smallest absolute Gasteiger partial charge is 0.372 e. The number of sulfone groups is 1. The molecule has 1 fully saturated rings. The molecule has 2 atom stereocenters. The lowest BCUT2D eigenvalue weighted by molar-refractivity contribution is -0.141. The van der Waals surface area contributed by atoms with E-state index in [2.05, 4.69) is 4.98 Å². The Balaban J connectivity index is 1.95. The predicted octanol–water partition coefficient (Wildman–Crippen LogP) is 5.20. The fraction of sp³-hybridized carbons (Fsp3) is 0.421. The number of pyridine rings is 1. The van der Waals surface area contributed by atoms with Crippen molar-refractivity contribution < 1.29 is 39.5 Å². The van der Waals surface area contributed by atoms with E-state index >= 15 is 0 Å². The van der Waals surface area contributed by atoms with Gasteiger partial charge in [0.05, 0.1) is 20.9 Å². The van der Waals surface area contributed by atoms with Gasteiger partial charge in [-0.25, -0.2) is 13.4 Å². The molecule has 0 aliphatic carbocycles. The van der Waals surface area contributed by atoms with Crippen LogP contribution in [-0.4, -0.2) is 24.8 Å². The molecule has 11 heteroatoms. The van der Waals surface area contributed by atoms with Crippen molar-refractivity contribution in [2.24, 2.45) is 0 Å². The fourth-order valence-corrected chi connectivity index (χ4v) is 5.15. The summed E-state index contributed by atoms with van der Waals surface area (Å²) in [6.45, 7) is 1.25. The van der Waals surface area contributed by atoms with Gasteiger partial charge in [-0.15, -0.1) is 0 Å². The molecule has 2 aromatic rings. The fourth-order valence-electron chi connectivity index (χ4n) is 3.32. The summed E-state index contributed by atoms with van der Waals surface area (Å²) < 4.78 is 108. The molecule has 1 aliphatic heterocycles. The summed E-state index contributed by atoms with van der Waals surface area (Å²) >= 11 is 0. The van der Waals surface area contributed by atoms with Crippen molar-refractivity contribution in [2.45, 2.75) is 47.9 Å². The zero-order valence-electron chi connectivity index (χ0n) is 15.6. The van der Waals surface area contributed by atoms with Crippen LogP contribution in [0.25, 0.3) is 0 Å². The van der Waals surface area contributed by atoms with Crippen molar-refractivity contribution in [3.05, 3.63) is 59.4 Å². The SMILES string of the molecule is CC1(S(=O)(=O)c2cccc(C(F)(F)F)c2)CCOC(c2cccc(C(F)(F)F)n2)C1. The van der Waals surface area contributed by atoms with E-state index in [0.717, 1.165) is 30.3 Å². The molecule has 0 saturated carbocycles. The topological polar surface area (TPSA) is 56.3 Å². The van der Waals surface area contributed by atoms with Crippen LogP contribution in [0.3, 0.4) is 0 Å². The third-order valence-electron chi connectivity index (χ3n) is 5.08. The van der Waals surface area contributed by atoms with Crippen LogP contribution in [0.1, 0.15) is 42.8 Å². The molecule has 3 rings (SSSR count). The Morgan fingerprint density at radius 1 is 1.03 bits per heavy atom. The lowest BCUT2D eigenvalue weighted by Gasteiger charge is -2.37. The average Bonchev–Trinajstić information content (AvgIpc) is 2.67. The second kappa shape index (κ2) is 7.52. The lowest BCUT2D eigenvalue weighted by Crippen LogP contribution is -2.42. The van der Waals surface area contributed by atoms with E-state index in [1.54, 1.807) is 0 Å². The van der Waals surface area contributed by atoms with Crippen LogP contribution in [0.2, 0.25) is 0 Å². The van der Waals surface area contributed by atoms with E-state index in [1.165, 1.54) is 13.0 Å². The molecule has 0 amide bonds. The predicted molar refractivity (Wildman–Crippen MR) is 94.2 cm³/mol. The van der Waals surface area contributed by atoms with Crippen molar-refractivity contribution in [1.29, 1.82) is 0 Å². The Kier molecular flexibility index (Phi) is 5.65. The summed E-state index contributed by atoms with van der Waals surface area (Å²) in [4.78, 5) is 3.04. The second-order valence-corrected chi connectivity index (χ2v) is 9.70. The summed E-state index contributed by atoms with van der Waals surface area (Å²) in [5, 5.41) is 0. The number of rotatable bonds is 3. The number of nitrogens with zero attached hydrogens (tertiary/aromatic N) is 1. The van der Waals surface area contributed by atoms with Gasteiger partial charge in [0.2, 0.25) is 0 Å². The number of hydrogen-bond donors (Lipinski definition) is 0. The highest BCUT2D eigenvalue weighted by Gasteiger charge is 2.46. The minimum absolute atomic E-state index is 0.0267. The molecule has 0 N–H and O–H groups in total. The summed E-state index contributed by atoms with van der Waals surface area (Å²) in [5.41, 5.74) is -2.33. The van der Waals surface area contributed by atoms with E-state index in [0.29, 0.717) is 6.07 Å². The minimum atomic E-state index is -4.72. The number of benzene rings is 1. The van der Waals surface area contributed by atoms with Crippen molar-refractivity contribution in [2.75, 3.05) is 6.61 Å². The van der Waals surface area contributed by atoms with Gasteiger partial charge >= 0.3 is 12.4 Å². The largest absolute Gasteiger partial charge is 0.433 e. The number of aromatic nitrogens is 1. The van der Waals surface area contributed by atoms with Gasteiger partial charge < -0.3 is 4.74 Å². The molecular formula is C19H17F6NO3S. The standard InChI is InChI=1S/C19H17F6NO3S/c1-17(30(27,28)13-5-2-4-12(10-13)18(20,21)22)8-9-29-15(11-17)14-6-3-7-16(26-14)19(23,24)25/h2-7,10,15H,8-9,11H2,1H3. The van der Waals surface area contributed by atoms with Gasteiger partial charge in [0.1, 0.15) is 11.8 Å². The highest BCUT2D eigenvalue weighted by atomic mass is 32.2. The Morgan fingerprint density at radius 2 is 1.70 bits per heavy atom. The van der Waals surface area contributed by atoms with Gasteiger partial charge in [-0.1, -0.05) is 12.1 Å². The zero-order valence-corrected chi connectivity index (χ0v) is 16.4. The average molecular weight is 453 g/mol. The molecule has 1 aromatic carbocycles. The number of hydrogen-bond acceptors (Lipinski definition) is 4. The molecule has 4 nitrogen and oxygen atoms in total. The molecule has 1 aromatic heterocycles. The Morgan fingerprint density at radius 3 is 2.33 bits per heavy atom. The van der Waals surface area contributed by atoms with Gasteiger partial charge in [0.15, 0.2) is 9.84 Å². The van der Waals surface area contributed by atoms with Crippen molar-refractivity contribution in [3.63, 3.8) is 0 Å². The third-order valence-corrected chi connectivity index (χ3v) is 7.62. The Hall–Kier alpha value is -2.14. The van der Waals surface area contributed by atoms with Gasteiger partial charge in [-0.2, -0.15) is 26.3 Å². The molecule has 0 spiro atoms. The van der Waals surface area contributed by atoms with Gasteiger partial charge in [0.25, 0.3) is 0 Å². The lowest BCUT2D eigenvalue weighted by atomic mass is 9.94. The van der Waals surface area contributed by atoms with Gasteiger partial charge in [0, 0.05) is 6.61 Å². The maximum absolute atomic E-state index is 13.2. The molecule has 0 bridgehead atoms. The van der Waals surface area contributed by atoms with Gasteiger partial charge in [-0.05, 0) is 50.1 Å². The van der Waals surface area contributed by atoms with Crippen molar-refractivity contribution >= 4 is 9.84 Å². The quantitative estimate of drug-likeness (QED) is 0.600. The summed E-state index contributed by atoms with van der Waals surface area (Å²) in [6, 6.07) is 6.62. The molecule has 164 valence electrons. The second-order valence-electron chi connectivity index (χ2n) is 7.24. The number of alkyl halides is 6. The molecule has 0 radical (unpaired) electrons. The summed E-state index contributed by atoms with van der Waals surface area (Å²) in [7, 11) is -4.25.